The van der Waals surface area contributed by atoms with E-state index in [9.17, 15) is 0 Å². The zero-order valence-corrected chi connectivity index (χ0v) is 13.5. The molecular weight excluding hydrogens is 262 g/mol. The summed E-state index contributed by atoms with van der Waals surface area (Å²) < 4.78 is 10.9. The van der Waals surface area contributed by atoms with Crippen LogP contribution >= 0.6 is 0 Å². The van der Waals surface area contributed by atoms with Crippen LogP contribution in [0.15, 0.2) is 29.8 Å². The Bertz CT molecular complexity index is 566. The average Bonchev–Trinajstić information content (AvgIpc) is 2.85. The highest BCUT2D eigenvalue weighted by molar-refractivity contribution is 5.47. The van der Waals surface area contributed by atoms with Crippen LogP contribution < -0.4 is 9.47 Å². The molecule has 0 spiro atoms. The van der Waals surface area contributed by atoms with Crippen LogP contribution in [0.1, 0.15) is 31.7 Å². The summed E-state index contributed by atoms with van der Waals surface area (Å²) in [5.41, 5.74) is 3.14. The highest BCUT2D eigenvalue weighted by atomic mass is 16.5. The summed E-state index contributed by atoms with van der Waals surface area (Å²) in [5, 5.41) is 0. The Morgan fingerprint density at radius 1 is 1.19 bits per heavy atom. The fourth-order valence-electron chi connectivity index (χ4n) is 4.05. The second kappa shape index (κ2) is 5.38. The standard InChI is InChI=1S/C18H25NO2/c1-13-7-8-18(9-10-19(2)17(18)11-13)14-5-6-15(20-3)16(12-14)21-4/h5-7,12,17H,8-11H2,1-4H3/t17-,18-/m0/s1. The van der Waals surface area contributed by atoms with Gasteiger partial charge in [-0.3, -0.25) is 0 Å². The molecule has 0 N–H and O–H groups in total. The SMILES string of the molecule is COc1ccc([C@@]23CC=C(C)C[C@@H]2N(C)CC3)cc1OC. The molecule has 0 radical (unpaired) electrons. The van der Waals surface area contributed by atoms with Crippen LogP contribution in [-0.4, -0.2) is 38.8 Å². The number of ether oxygens (including phenoxy) is 2. The van der Waals surface area contributed by atoms with E-state index < -0.39 is 0 Å². The number of methoxy groups -OCH3 is 2. The van der Waals surface area contributed by atoms with E-state index in [1.54, 1.807) is 14.2 Å². The van der Waals surface area contributed by atoms with E-state index in [1.165, 1.54) is 30.5 Å². The van der Waals surface area contributed by atoms with Crippen molar-refractivity contribution in [2.75, 3.05) is 27.8 Å². The molecule has 21 heavy (non-hydrogen) atoms. The minimum absolute atomic E-state index is 0.230. The van der Waals surface area contributed by atoms with Crippen LogP contribution in [0.25, 0.3) is 0 Å². The fraction of sp³-hybridized carbons (Fsp3) is 0.556. The van der Waals surface area contributed by atoms with Gasteiger partial charge in [-0.2, -0.15) is 0 Å². The first-order chi connectivity index (χ1) is 10.1. The maximum atomic E-state index is 5.51. The first-order valence-electron chi connectivity index (χ1n) is 7.69. The molecule has 1 aromatic rings. The van der Waals surface area contributed by atoms with Crippen molar-refractivity contribution in [1.82, 2.24) is 4.90 Å². The van der Waals surface area contributed by atoms with Gasteiger partial charge in [-0.05, 0) is 57.5 Å². The molecule has 0 amide bonds. The minimum atomic E-state index is 0.230. The summed E-state index contributed by atoms with van der Waals surface area (Å²) >= 11 is 0. The van der Waals surface area contributed by atoms with Crippen LogP contribution in [0.5, 0.6) is 11.5 Å². The van der Waals surface area contributed by atoms with Crippen LogP contribution in [0.3, 0.4) is 0 Å². The second-order valence-electron chi connectivity index (χ2n) is 6.43. The van der Waals surface area contributed by atoms with Crippen LogP contribution in [-0.2, 0) is 5.41 Å². The van der Waals surface area contributed by atoms with Gasteiger partial charge < -0.3 is 14.4 Å². The zero-order valence-electron chi connectivity index (χ0n) is 13.5. The largest absolute Gasteiger partial charge is 0.493 e. The lowest BCUT2D eigenvalue weighted by Crippen LogP contribution is -2.43. The third kappa shape index (κ3) is 2.24. The quantitative estimate of drug-likeness (QED) is 0.795. The lowest BCUT2D eigenvalue weighted by molar-refractivity contribution is 0.231. The molecule has 0 saturated carbocycles. The van der Waals surface area contributed by atoms with Crippen molar-refractivity contribution >= 4 is 0 Å². The van der Waals surface area contributed by atoms with Crippen LogP contribution in [0.2, 0.25) is 0 Å². The lowest BCUT2D eigenvalue weighted by Gasteiger charge is -2.41. The van der Waals surface area contributed by atoms with Gasteiger partial charge >= 0.3 is 0 Å². The Kier molecular flexibility index (Phi) is 3.70. The maximum absolute atomic E-state index is 5.51. The highest BCUT2D eigenvalue weighted by Gasteiger charge is 2.48. The number of rotatable bonds is 3. The second-order valence-corrected chi connectivity index (χ2v) is 6.43. The first kappa shape index (κ1) is 14.5. The van der Waals surface area contributed by atoms with Gasteiger partial charge in [-0.25, -0.2) is 0 Å². The topological polar surface area (TPSA) is 21.7 Å². The van der Waals surface area contributed by atoms with Gasteiger partial charge in [0, 0.05) is 11.5 Å². The van der Waals surface area contributed by atoms with Gasteiger partial charge in [0.1, 0.15) is 0 Å². The van der Waals surface area contributed by atoms with E-state index in [0.717, 1.165) is 17.9 Å². The maximum Gasteiger partial charge on any atom is 0.161 e. The summed E-state index contributed by atoms with van der Waals surface area (Å²) in [6.07, 6.45) is 5.94. The Labute approximate surface area is 127 Å². The molecule has 0 aromatic heterocycles. The summed E-state index contributed by atoms with van der Waals surface area (Å²) in [6.45, 7) is 3.42. The Morgan fingerprint density at radius 2 is 1.95 bits per heavy atom. The van der Waals surface area contributed by atoms with Gasteiger partial charge in [0.15, 0.2) is 11.5 Å². The van der Waals surface area contributed by atoms with Crippen molar-refractivity contribution in [2.24, 2.45) is 0 Å². The zero-order chi connectivity index (χ0) is 15.0. The van der Waals surface area contributed by atoms with Crippen molar-refractivity contribution in [2.45, 2.75) is 37.6 Å². The summed E-state index contributed by atoms with van der Waals surface area (Å²) in [5.74, 6) is 1.65. The van der Waals surface area contributed by atoms with Crippen molar-refractivity contribution in [3.8, 4) is 11.5 Å². The molecule has 1 heterocycles. The van der Waals surface area contributed by atoms with E-state index in [0.29, 0.717) is 6.04 Å². The smallest absolute Gasteiger partial charge is 0.161 e. The number of hydrogen-bond acceptors (Lipinski definition) is 3. The van der Waals surface area contributed by atoms with Crippen molar-refractivity contribution < 1.29 is 9.47 Å². The van der Waals surface area contributed by atoms with Crippen molar-refractivity contribution in [3.05, 3.63) is 35.4 Å². The van der Waals surface area contributed by atoms with Crippen molar-refractivity contribution in [3.63, 3.8) is 0 Å². The van der Waals surface area contributed by atoms with Crippen LogP contribution in [0.4, 0.5) is 0 Å². The van der Waals surface area contributed by atoms with Gasteiger partial charge in [0.2, 0.25) is 0 Å². The Balaban J connectivity index is 2.05. The Hall–Kier alpha value is -1.48. The number of benzene rings is 1. The first-order valence-corrected chi connectivity index (χ1v) is 7.69. The molecule has 1 saturated heterocycles. The molecule has 3 heteroatoms. The number of allylic oxidation sites excluding steroid dienone is 1. The summed E-state index contributed by atoms with van der Waals surface area (Å²) in [4.78, 5) is 2.52. The molecule has 2 atom stereocenters. The number of fused-ring (bicyclic) bond motifs is 1. The lowest BCUT2D eigenvalue weighted by atomic mass is 9.67. The number of likely N-dealkylation sites (tertiary alicyclic amines) is 1. The average molecular weight is 287 g/mol. The third-order valence-electron chi connectivity index (χ3n) is 5.37. The monoisotopic (exact) mass is 287 g/mol. The van der Waals surface area contributed by atoms with Gasteiger partial charge in [-0.15, -0.1) is 0 Å². The van der Waals surface area contributed by atoms with Gasteiger partial charge in [0.05, 0.1) is 14.2 Å². The molecule has 1 fully saturated rings. The molecule has 3 rings (SSSR count). The number of nitrogens with zero attached hydrogens (tertiary/aromatic N) is 1. The molecule has 1 aliphatic carbocycles. The fourth-order valence-corrected chi connectivity index (χ4v) is 4.05. The third-order valence-corrected chi connectivity index (χ3v) is 5.37. The normalized spacial score (nSPS) is 29.0. The predicted molar refractivity (Wildman–Crippen MR) is 85.3 cm³/mol. The Morgan fingerprint density at radius 3 is 2.67 bits per heavy atom. The molecule has 114 valence electrons. The van der Waals surface area contributed by atoms with E-state index in [2.05, 4.69) is 37.1 Å². The summed E-state index contributed by atoms with van der Waals surface area (Å²) in [7, 11) is 5.66. The molecular formula is C18H25NO2. The predicted octanol–water partition coefficient (Wildman–Crippen LogP) is 3.39. The van der Waals surface area contributed by atoms with Gasteiger partial charge in [0.25, 0.3) is 0 Å². The molecule has 2 aliphatic rings. The molecule has 3 nitrogen and oxygen atoms in total. The van der Waals surface area contributed by atoms with E-state index in [-0.39, 0.29) is 5.41 Å². The van der Waals surface area contributed by atoms with E-state index in [4.69, 9.17) is 9.47 Å². The van der Waals surface area contributed by atoms with E-state index >= 15 is 0 Å². The molecule has 1 aromatic carbocycles. The van der Waals surface area contributed by atoms with Gasteiger partial charge in [-0.1, -0.05) is 17.7 Å². The molecule has 0 bridgehead atoms. The highest BCUT2D eigenvalue weighted by Crippen LogP contribution is 2.49. The van der Waals surface area contributed by atoms with Crippen molar-refractivity contribution in [1.29, 1.82) is 0 Å². The number of hydrogen-bond donors (Lipinski definition) is 0. The minimum Gasteiger partial charge on any atom is -0.493 e. The molecule has 1 aliphatic heterocycles. The van der Waals surface area contributed by atoms with E-state index in [1.807, 2.05) is 6.07 Å². The molecule has 0 unspecified atom stereocenters. The van der Waals surface area contributed by atoms with Crippen LogP contribution in [0, 0.1) is 0 Å². The number of likely N-dealkylation sites (N-methyl/N-ethyl adjacent to an activating group) is 1. The summed E-state index contributed by atoms with van der Waals surface area (Å²) in [6, 6.07) is 7.05.